The molecular formula is C19H18ClN7. The van der Waals surface area contributed by atoms with Crippen molar-refractivity contribution in [1.29, 1.82) is 5.26 Å². The molecule has 0 spiro atoms. The molecule has 3 aromatic rings. The normalized spacial score (nSPS) is 13.4. The highest BCUT2D eigenvalue weighted by Crippen LogP contribution is 2.28. The quantitative estimate of drug-likeness (QED) is 0.729. The van der Waals surface area contributed by atoms with E-state index in [-0.39, 0.29) is 0 Å². The fourth-order valence-electron chi connectivity index (χ4n) is 3.17. The third-order valence-corrected chi connectivity index (χ3v) is 4.72. The van der Waals surface area contributed by atoms with E-state index in [1.165, 1.54) is 11.1 Å². The summed E-state index contributed by atoms with van der Waals surface area (Å²) in [6.07, 6.45) is 5.51. The number of fused-ring (bicyclic) bond motifs is 1. The standard InChI is InChI=1S/C19H18ClN7/c1-26-10-13-3-4-16(7-14(13)11-26)24-19-22-9-17(20)18(25-19)15-8-23-27(12-15)6-2-5-21/h3-4,7-9,12H,2,6,10-11H2,1H3,(H,22,24,25). The molecule has 0 atom stereocenters. The summed E-state index contributed by atoms with van der Waals surface area (Å²) in [6.45, 7) is 2.46. The van der Waals surface area contributed by atoms with Gasteiger partial charge < -0.3 is 5.32 Å². The zero-order valence-corrected chi connectivity index (χ0v) is 15.6. The molecule has 27 heavy (non-hydrogen) atoms. The van der Waals surface area contributed by atoms with E-state index in [9.17, 15) is 0 Å². The third kappa shape index (κ3) is 3.77. The van der Waals surface area contributed by atoms with Gasteiger partial charge in [-0.3, -0.25) is 9.58 Å². The summed E-state index contributed by atoms with van der Waals surface area (Å²) in [5.41, 5.74) is 5.01. The zero-order valence-electron chi connectivity index (χ0n) is 14.9. The van der Waals surface area contributed by atoms with E-state index in [2.05, 4.69) is 50.5 Å². The molecule has 0 bridgehead atoms. The molecule has 1 aromatic carbocycles. The summed E-state index contributed by atoms with van der Waals surface area (Å²) in [5.74, 6) is 0.477. The predicted octanol–water partition coefficient (Wildman–Crippen LogP) is 3.60. The SMILES string of the molecule is CN1Cc2ccc(Nc3ncc(Cl)c(-c4cnn(CCC#N)c4)n3)cc2C1. The van der Waals surface area contributed by atoms with Gasteiger partial charge in [-0.05, 0) is 30.3 Å². The number of nitrogens with one attached hydrogen (secondary N) is 1. The molecule has 8 heteroatoms. The highest BCUT2D eigenvalue weighted by molar-refractivity contribution is 6.32. The number of nitrogens with zero attached hydrogens (tertiary/aromatic N) is 6. The second-order valence-electron chi connectivity index (χ2n) is 6.57. The molecule has 0 saturated heterocycles. The van der Waals surface area contributed by atoms with Gasteiger partial charge in [-0.1, -0.05) is 17.7 Å². The summed E-state index contributed by atoms with van der Waals surface area (Å²) in [6, 6.07) is 8.42. The average molecular weight is 380 g/mol. The molecule has 0 aliphatic carbocycles. The Morgan fingerprint density at radius 1 is 1.26 bits per heavy atom. The highest BCUT2D eigenvalue weighted by Gasteiger charge is 2.16. The minimum absolute atomic E-state index is 0.402. The second kappa shape index (κ2) is 7.35. The van der Waals surface area contributed by atoms with Gasteiger partial charge in [0.15, 0.2) is 0 Å². The maximum Gasteiger partial charge on any atom is 0.227 e. The molecule has 0 fully saturated rings. The summed E-state index contributed by atoms with van der Waals surface area (Å²) in [5, 5.41) is 16.7. The van der Waals surface area contributed by atoms with E-state index in [0.29, 0.717) is 29.6 Å². The number of hydrogen-bond donors (Lipinski definition) is 1. The average Bonchev–Trinajstić information content (AvgIpc) is 3.26. The van der Waals surface area contributed by atoms with Gasteiger partial charge in [-0.25, -0.2) is 9.97 Å². The van der Waals surface area contributed by atoms with Gasteiger partial charge in [0, 0.05) is 30.5 Å². The van der Waals surface area contributed by atoms with Crippen LogP contribution in [0.4, 0.5) is 11.6 Å². The fraction of sp³-hybridized carbons (Fsp3) is 0.263. The maximum absolute atomic E-state index is 8.70. The van der Waals surface area contributed by atoms with E-state index in [4.69, 9.17) is 16.9 Å². The molecule has 0 saturated carbocycles. The molecule has 4 rings (SSSR count). The molecule has 1 aliphatic heterocycles. The van der Waals surface area contributed by atoms with E-state index in [1.54, 1.807) is 17.1 Å². The first-order valence-corrected chi connectivity index (χ1v) is 9.00. The van der Waals surface area contributed by atoms with Crippen LogP contribution in [0.2, 0.25) is 5.02 Å². The van der Waals surface area contributed by atoms with E-state index in [1.807, 2.05) is 12.3 Å². The monoisotopic (exact) mass is 379 g/mol. The van der Waals surface area contributed by atoms with Crippen molar-refractivity contribution >= 4 is 23.2 Å². The largest absolute Gasteiger partial charge is 0.324 e. The van der Waals surface area contributed by atoms with Crippen molar-refractivity contribution in [2.75, 3.05) is 12.4 Å². The Labute approximate surface area is 162 Å². The lowest BCUT2D eigenvalue weighted by Crippen LogP contribution is -2.07. The van der Waals surface area contributed by atoms with Crippen LogP contribution in [0.1, 0.15) is 17.5 Å². The first-order chi connectivity index (χ1) is 13.1. The van der Waals surface area contributed by atoms with Crippen molar-refractivity contribution in [2.45, 2.75) is 26.1 Å². The summed E-state index contributed by atoms with van der Waals surface area (Å²) < 4.78 is 1.71. The summed E-state index contributed by atoms with van der Waals surface area (Å²) in [7, 11) is 2.11. The highest BCUT2D eigenvalue weighted by atomic mass is 35.5. The van der Waals surface area contributed by atoms with Gasteiger partial charge in [-0.15, -0.1) is 0 Å². The Morgan fingerprint density at radius 3 is 2.96 bits per heavy atom. The number of aromatic nitrogens is 4. The van der Waals surface area contributed by atoms with Crippen molar-refractivity contribution in [1.82, 2.24) is 24.6 Å². The van der Waals surface area contributed by atoms with Crippen LogP contribution in [0.3, 0.4) is 0 Å². The molecule has 2 aromatic heterocycles. The molecule has 0 amide bonds. The fourth-order valence-corrected chi connectivity index (χ4v) is 3.37. The van der Waals surface area contributed by atoms with Gasteiger partial charge in [0.05, 0.1) is 42.1 Å². The van der Waals surface area contributed by atoms with Gasteiger partial charge in [-0.2, -0.15) is 10.4 Å². The lowest BCUT2D eigenvalue weighted by atomic mass is 10.1. The van der Waals surface area contributed by atoms with Crippen LogP contribution in [0.25, 0.3) is 11.3 Å². The van der Waals surface area contributed by atoms with Gasteiger partial charge in [0.1, 0.15) is 0 Å². The van der Waals surface area contributed by atoms with Crippen LogP contribution in [0, 0.1) is 11.3 Å². The van der Waals surface area contributed by atoms with Crippen LogP contribution < -0.4 is 5.32 Å². The number of hydrogen-bond acceptors (Lipinski definition) is 6. The molecular weight excluding hydrogens is 362 g/mol. The Morgan fingerprint density at radius 2 is 2.11 bits per heavy atom. The van der Waals surface area contributed by atoms with E-state index < -0.39 is 0 Å². The lowest BCUT2D eigenvalue weighted by Gasteiger charge is -2.08. The van der Waals surface area contributed by atoms with Crippen LogP contribution in [-0.4, -0.2) is 31.7 Å². The van der Waals surface area contributed by atoms with Crippen LogP contribution >= 0.6 is 11.6 Å². The van der Waals surface area contributed by atoms with Crippen molar-refractivity contribution < 1.29 is 0 Å². The zero-order chi connectivity index (χ0) is 18.8. The van der Waals surface area contributed by atoms with Crippen LogP contribution in [-0.2, 0) is 19.6 Å². The first kappa shape index (κ1) is 17.5. The third-order valence-electron chi connectivity index (χ3n) is 4.45. The van der Waals surface area contributed by atoms with Crippen molar-refractivity contribution in [3.05, 3.63) is 52.9 Å². The Hall–Kier alpha value is -2.95. The van der Waals surface area contributed by atoms with Crippen molar-refractivity contribution in [2.24, 2.45) is 0 Å². The molecule has 1 aliphatic rings. The minimum Gasteiger partial charge on any atom is -0.324 e. The number of halogens is 1. The maximum atomic E-state index is 8.70. The number of nitriles is 1. The first-order valence-electron chi connectivity index (χ1n) is 8.62. The van der Waals surface area contributed by atoms with Gasteiger partial charge >= 0.3 is 0 Å². The Bertz CT molecular complexity index is 1020. The summed E-state index contributed by atoms with van der Waals surface area (Å²) in [4.78, 5) is 11.1. The van der Waals surface area contributed by atoms with Crippen LogP contribution in [0.15, 0.2) is 36.8 Å². The van der Waals surface area contributed by atoms with Gasteiger partial charge in [0.25, 0.3) is 0 Å². The van der Waals surface area contributed by atoms with E-state index >= 15 is 0 Å². The van der Waals surface area contributed by atoms with E-state index in [0.717, 1.165) is 24.3 Å². The number of aryl methyl sites for hydroxylation is 1. The molecule has 0 unspecified atom stereocenters. The van der Waals surface area contributed by atoms with Crippen molar-refractivity contribution in [3.8, 4) is 17.3 Å². The van der Waals surface area contributed by atoms with Crippen molar-refractivity contribution in [3.63, 3.8) is 0 Å². The molecule has 1 N–H and O–H groups in total. The second-order valence-corrected chi connectivity index (χ2v) is 6.98. The predicted molar refractivity (Wildman–Crippen MR) is 103 cm³/mol. The van der Waals surface area contributed by atoms with Gasteiger partial charge in [0.2, 0.25) is 5.95 Å². The number of rotatable bonds is 5. The molecule has 3 heterocycles. The minimum atomic E-state index is 0.402. The smallest absolute Gasteiger partial charge is 0.227 e. The number of anilines is 2. The Kier molecular flexibility index (Phi) is 4.75. The molecule has 7 nitrogen and oxygen atoms in total. The number of benzene rings is 1. The molecule has 0 radical (unpaired) electrons. The lowest BCUT2D eigenvalue weighted by molar-refractivity contribution is 0.353. The molecule has 136 valence electrons. The topological polar surface area (TPSA) is 82.7 Å². The van der Waals surface area contributed by atoms with Crippen LogP contribution in [0.5, 0.6) is 0 Å². The summed E-state index contributed by atoms with van der Waals surface area (Å²) >= 11 is 6.29. The Balaban J connectivity index is 1.57.